The van der Waals surface area contributed by atoms with Crippen molar-refractivity contribution in [3.63, 3.8) is 0 Å². The van der Waals surface area contributed by atoms with E-state index in [0.29, 0.717) is 77.1 Å². The zero-order valence-electron chi connectivity index (χ0n) is 60.1. The van der Waals surface area contributed by atoms with Crippen LogP contribution in [0.4, 0.5) is 5.69 Å². The molecule has 4 aromatic heterocycles. The van der Waals surface area contributed by atoms with Crippen LogP contribution in [0.3, 0.4) is 0 Å². The van der Waals surface area contributed by atoms with Gasteiger partial charge in [0, 0.05) is 72.0 Å². The van der Waals surface area contributed by atoms with Crippen molar-refractivity contribution < 1.29 is 62.1 Å². The molecule has 5 amide bonds. The van der Waals surface area contributed by atoms with Crippen molar-refractivity contribution in [3.8, 4) is 29.6 Å². The van der Waals surface area contributed by atoms with Crippen molar-refractivity contribution >= 4 is 88.7 Å². The summed E-state index contributed by atoms with van der Waals surface area (Å²) in [5, 5.41) is 41.8. The lowest BCUT2D eigenvalue weighted by molar-refractivity contribution is -0.140. The number of thioether (sulfide) groups is 2. The van der Waals surface area contributed by atoms with Crippen molar-refractivity contribution in [2.45, 2.75) is 83.3 Å². The summed E-state index contributed by atoms with van der Waals surface area (Å²) >= 11 is 3.44. The number of furan rings is 2. The zero-order chi connectivity index (χ0) is 76.2. The van der Waals surface area contributed by atoms with Crippen LogP contribution >= 0.6 is 23.5 Å². The lowest BCUT2D eigenvalue weighted by Gasteiger charge is -2.29. The number of nitrogens with zero attached hydrogens (tertiary/aromatic N) is 8. The number of hydrogen-bond donors (Lipinski definition) is 8. The van der Waals surface area contributed by atoms with E-state index < -0.39 is 17.9 Å². The number of carbonyl (C=O) groups excluding carboxylic acids is 6. The number of terminal acetylenes is 1. The van der Waals surface area contributed by atoms with Crippen LogP contribution in [0.5, 0.6) is 17.2 Å². The summed E-state index contributed by atoms with van der Waals surface area (Å²) in [6, 6.07) is 36.6. The Labute approximate surface area is 624 Å². The van der Waals surface area contributed by atoms with Gasteiger partial charge >= 0.3 is 5.97 Å². The molecule has 7 heterocycles. The molecule has 106 heavy (non-hydrogen) atoms. The number of allylic oxidation sites excluding steroid dienone is 1. The van der Waals surface area contributed by atoms with Crippen molar-refractivity contribution in [2.75, 3.05) is 57.8 Å². The molecule has 2 saturated heterocycles. The third-order valence-electron chi connectivity index (χ3n) is 15.8. The summed E-state index contributed by atoms with van der Waals surface area (Å²) < 4.78 is 27.0. The summed E-state index contributed by atoms with van der Waals surface area (Å²) in [7, 11) is 6.58. The number of benzene rings is 4. The standard InChI is InChI=1S/C23H27N5O.C17H20N2O4S.C14H13N3O4.C12H13N3O2.C11H15NO2S/c1-6-12-28-21(23(29)27-20-16(4)8-7-9-17(20)5)18(13-15(2)3)26-22(28)19-14-24-10-11-25-19;1-23-15(20)10-6-5-9-14-16(19-22)13(11-24-14)18-17(21)12-7-3-2-4-8-12;18-12-6-2-1-5-11(12)14(20)15-9-13(19)17-16-8-10-4-3-7-21-10;1-15-6-2-4-10(15)8-12(16)14-13-9-11-5-3-7-17-11;1-13-9-4-3-8(7-10(9)14-2)11-12-5-6-15-11/h1,7-11,14-15,18,21H,12-13H2,2-5H3,(H,27,29);2-4,7-9,13,22H,5-6,10-11H2,1H3,(H,18,21);1-8,18H,9H2,(H,15,20)(H,17,19);2-7,9H,8H2,1H3,(H,14,16);3-4,7,11-12H,5-6H2,1-2H3/b;14-9+,19-16-;16-8+;13-9-;/t;13-;;;/m.1.../s1. The molecule has 8 N–H and O–H groups in total. The largest absolute Gasteiger partial charge is 0.507 e. The van der Waals surface area contributed by atoms with E-state index in [9.17, 15) is 39.1 Å². The molecule has 27 nitrogen and oxygen atoms in total. The first kappa shape index (κ1) is 81.6. The monoisotopic (exact) mass is 1480 g/mol. The average molecular weight is 1480 g/mol. The number of ether oxygens (including phenoxy) is 3. The van der Waals surface area contributed by atoms with Crippen molar-refractivity contribution in [3.05, 3.63) is 226 Å². The number of aryl methyl sites for hydroxylation is 3. The molecule has 29 heteroatoms. The van der Waals surface area contributed by atoms with Gasteiger partial charge in [0.2, 0.25) is 11.8 Å². The molecule has 3 aliphatic rings. The fraction of sp³-hybridized carbons (Fsp3) is 0.299. The van der Waals surface area contributed by atoms with Gasteiger partial charge in [0.25, 0.3) is 17.7 Å². The molecule has 11 rings (SSSR count). The third kappa shape index (κ3) is 25.6. The zero-order valence-corrected chi connectivity index (χ0v) is 61.8. The normalized spacial score (nSPS) is 16.3. The number of carbonyl (C=O) groups is 6. The van der Waals surface area contributed by atoms with Gasteiger partial charge in [-0.3, -0.25) is 38.7 Å². The van der Waals surface area contributed by atoms with Gasteiger partial charge in [-0.15, -0.1) is 29.9 Å². The molecule has 2 fully saturated rings. The summed E-state index contributed by atoms with van der Waals surface area (Å²) in [6.07, 6.45) is 23.0. The van der Waals surface area contributed by atoms with Gasteiger partial charge in [-0.1, -0.05) is 85.6 Å². The number of aromatic nitrogens is 3. The van der Waals surface area contributed by atoms with Crippen LogP contribution in [0.1, 0.15) is 105 Å². The van der Waals surface area contributed by atoms with E-state index in [2.05, 4.69) is 88.0 Å². The fourth-order valence-corrected chi connectivity index (χ4v) is 12.8. The summed E-state index contributed by atoms with van der Waals surface area (Å²) in [5.41, 5.74) is 11.5. The number of para-hydroxylation sites is 2. The lowest BCUT2D eigenvalue weighted by Crippen LogP contribution is -2.48. The van der Waals surface area contributed by atoms with E-state index in [1.807, 2.05) is 103 Å². The third-order valence-corrected chi connectivity index (χ3v) is 18.2. The number of unbranched alkanes of at least 4 members (excludes halogenated alkanes) is 1. The average Bonchev–Trinajstić information content (AvgIpc) is 1.63. The Kier molecular flexibility index (Phi) is 33.4. The highest BCUT2D eigenvalue weighted by Gasteiger charge is 2.42. The quantitative estimate of drug-likeness (QED) is 0.00696. The number of aromatic hydroxyl groups is 1. The molecule has 0 aliphatic carbocycles. The molecule has 0 radical (unpaired) electrons. The second kappa shape index (κ2) is 43.4. The van der Waals surface area contributed by atoms with E-state index in [4.69, 9.17) is 29.7 Å². The highest BCUT2D eigenvalue weighted by molar-refractivity contribution is 8.04. The highest BCUT2D eigenvalue weighted by atomic mass is 32.2. The first-order valence-corrected chi connectivity index (χ1v) is 35.7. The molecule has 3 unspecified atom stereocenters. The van der Waals surface area contributed by atoms with Crippen LogP contribution in [0.25, 0.3) is 0 Å². The van der Waals surface area contributed by atoms with Gasteiger partial charge in [-0.2, -0.15) is 10.2 Å². The molecule has 4 aromatic carbocycles. The number of aliphatic imine (C=N–C) groups is 1. The molecule has 556 valence electrons. The molecular weight excluding hydrogens is 1390 g/mol. The number of rotatable bonds is 24. The second-order valence-corrected chi connectivity index (χ2v) is 26.2. The van der Waals surface area contributed by atoms with Gasteiger partial charge in [0.05, 0.1) is 95.0 Å². The minimum atomic E-state index is -0.543. The molecular formula is C77H88N14O13S2. The molecule has 0 saturated carbocycles. The number of phenolic OH excluding ortho intramolecular Hbond substituents is 1. The van der Waals surface area contributed by atoms with Crippen LogP contribution in [-0.4, -0.2) is 160 Å². The van der Waals surface area contributed by atoms with Gasteiger partial charge in [0.15, 0.2) is 17.3 Å². The maximum absolute atomic E-state index is 13.4. The second-order valence-electron chi connectivity index (χ2n) is 23.9. The Balaban J connectivity index is 0.000000188. The number of phenols is 1. The number of anilines is 1. The highest BCUT2D eigenvalue weighted by Crippen LogP contribution is 2.36. The molecule has 0 bridgehead atoms. The minimum Gasteiger partial charge on any atom is -0.507 e. The van der Waals surface area contributed by atoms with Crippen LogP contribution < -0.4 is 41.6 Å². The van der Waals surface area contributed by atoms with E-state index in [-0.39, 0.29) is 60.2 Å². The smallest absolute Gasteiger partial charge is 0.305 e. The topological polar surface area (TPSA) is 352 Å². The maximum Gasteiger partial charge on any atom is 0.305 e. The number of hydrogen-bond acceptors (Lipinski definition) is 23. The van der Waals surface area contributed by atoms with Gasteiger partial charge < -0.3 is 64.1 Å². The van der Waals surface area contributed by atoms with Crippen LogP contribution in [0.2, 0.25) is 0 Å². The van der Waals surface area contributed by atoms with E-state index >= 15 is 0 Å². The predicted molar refractivity (Wildman–Crippen MR) is 410 cm³/mol. The first-order valence-electron chi connectivity index (χ1n) is 33.7. The number of hydrazone groups is 2. The van der Waals surface area contributed by atoms with Crippen LogP contribution in [0.15, 0.2) is 205 Å². The van der Waals surface area contributed by atoms with Gasteiger partial charge in [-0.05, 0) is 129 Å². The maximum atomic E-state index is 13.4. The minimum absolute atomic E-state index is 0.101. The van der Waals surface area contributed by atoms with E-state index in [1.165, 1.54) is 61.0 Å². The Morgan fingerprint density at radius 1 is 0.830 bits per heavy atom. The van der Waals surface area contributed by atoms with Crippen molar-refractivity contribution in [1.82, 2.24) is 46.2 Å². The van der Waals surface area contributed by atoms with Gasteiger partial charge in [-0.25, -0.2) is 15.8 Å². The summed E-state index contributed by atoms with van der Waals surface area (Å²) in [6.45, 7) is 9.32. The number of nitrogens with one attached hydrogen (secondary N) is 6. The number of methoxy groups -OCH3 is 3. The number of amides is 5. The number of amidine groups is 1. The van der Waals surface area contributed by atoms with E-state index in [1.54, 1.807) is 99.7 Å². The fourth-order valence-electron chi connectivity index (χ4n) is 10.6. The first-order chi connectivity index (χ1) is 51.3. The van der Waals surface area contributed by atoms with E-state index in [0.717, 1.165) is 51.9 Å². The Morgan fingerprint density at radius 3 is 2.12 bits per heavy atom. The van der Waals surface area contributed by atoms with Crippen molar-refractivity contribution in [2.24, 2.45) is 33.3 Å². The van der Waals surface area contributed by atoms with Gasteiger partial charge in [0.1, 0.15) is 34.7 Å². The molecule has 0 spiro atoms. The molecule has 4 atom stereocenters. The molecule has 3 aliphatic heterocycles. The molecule has 8 aromatic rings. The Morgan fingerprint density at radius 2 is 1.53 bits per heavy atom. The van der Waals surface area contributed by atoms with Crippen molar-refractivity contribution in [1.29, 1.82) is 0 Å². The predicted octanol–water partition coefficient (Wildman–Crippen LogP) is 10.0. The van der Waals surface area contributed by atoms with Crippen LogP contribution in [-0.2, 0) is 37.4 Å². The Bertz CT molecular complexity index is 4320. The summed E-state index contributed by atoms with van der Waals surface area (Å²) in [5.74, 6) is 6.24. The summed E-state index contributed by atoms with van der Waals surface area (Å²) in [4.78, 5) is 87.5. The SMILES string of the molecule is C#CCN1C(c2cnccn2)=NC(CC(C)C)C1C(=O)Nc1c(C)cccc1C.COC(=O)CCC/C=C1/SC[C@@H](NC(=O)c2ccccc2)/C1=N/O.COc1ccc(C2NCCS2)cc1OC.Cn1cccc1CC(=O)N/N=C\c1ccco1.O=C(CNC(=O)c1ccccc1O)N/N=C/c1ccco1. The number of esters is 1. The lowest BCUT2D eigenvalue weighted by atomic mass is 9.97. The number of oxime groups is 1. The van der Waals surface area contributed by atoms with Crippen LogP contribution in [0, 0.1) is 32.1 Å². The Hall–Kier alpha value is -11.7.